The third-order valence-electron chi connectivity index (χ3n) is 8.61. The highest BCUT2D eigenvalue weighted by Gasteiger charge is 2.36. The lowest BCUT2D eigenvalue weighted by Crippen LogP contribution is -2.55. The van der Waals surface area contributed by atoms with Crippen LogP contribution in [0, 0.1) is 0 Å². The quantitative estimate of drug-likeness (QED) is 0.409. The number of hydrogen-bond acceptors (Lipinski definition) is 5. The van der Waals surface area contributed by atoms with Crippen LogP contribution < -0.4 is 20.7 Å². The Hall–Kier alpha value is -3.32. The molecule has 3 aromatic rings. The number of piperidine rings is 2. The highest BCUT2D eigenvalue weighted by Crippen LogP contribution is 2.38. The molecule has 3 aliphatic rings. The largest absolute Gasteiger partial charge is 0.496 e. The predicted octanol–water partition coefficient (Wildman–Crippen LogP) is 5.87. The Labute approximate surface area is 219 Å². The normalized spacial score (nSPS) is 25.2. The third kappa shape index (κ3) is 4.97. The van der Waals surface area contributed by atoms with E-state index in [9.17, 15) is 4.79 Å². The average molecular weight is 500 g/mol. The van der Waals surface area contributed by atoms with E-state index >= 15 is 0 Å². The van der Waals surface area contributed by atoms with Crippen LogP contribution in [0.4, 0.5) is 16.3 Å². The van der Waals surface area contributed by atoms with Gasteiger partial charge in [0.2, 0.25) is 0 Å². The zero-order chi connectivity index (χ0) is 25.4. The first-order valence-electron chi connectivity index (χ1n) is 13.7. The molecule has 2 fully saturated rings. The first-order valence-corrected chi connectivity index (χ1v) is 13.7. The number of fused-ring (bicyclic) bond motifs is 4. The van der Waals surface area contributed by atoms with Crippen molar-refractivity contribution < 1.29 is 9.53 Å². The number of carbonyl (C=O) groups excluding carboxylic acids is 1. The van der Waals surface area contributed by atoms with E-state index in [4.69, 9.17) is 9.72 Å². The van der Waals surface area contributed by atoms with Crippen LogP contribution in [0.25, 0.3) is 10.9 Å². The molecule has 0 saturated carbocycles. The summed E-state index contributed by atoms with van der Waals surface area (Å²) in [6, 6.07) is 17.8. The first-order chi connectivity index (χ1) is 18.1. The van der Waals surface area contributed by atoms with Gasteiger partial charge in [-0.05, 0) is 94.0 Å². The van der Waals surface area contributed by atoms with Crippen molar-refractivity contribution in [2.45, 2.75) is 75.5 Å². The highest BCUT2D eigenvalue weighted by molar-refractivity contribution is 5.93. The number of hydrogen-bond donors (Lipinski definition) is 3. The van der Waals surface area contributed by atoms with Gasteiger partial charge in [0.1, 0.15) is 11.6 Å². The van der Waals surface area contributed by atoms with Gasteiger partial charge in [-0.1, -0.05) is 18.6 Å². The summed E-state index contributed by atoms with van der Waals surface area (Å²) in [5.74, 6) is 1.79. The topological polar surface area (TPSA) is 78.5 Å². The number of nitrogens with one attached hydrogen (secondary N) is 3. The number of carbonyl (C=O) groups is 1. The number of benzene rings is 2. The zero-order valence-electron chi connectivity index (χ0n) is 21.8. The highest BCUT2D eigenvalue weighted by atomic mass is 16.5. The van der Waals surface area contributed by atoms with Crippen molar-refractivity contribution in [3.63, 3.8) is 0 Å². The molecule has 2 amide bonds. The van der Waals surface area contributed by atoms with Gasteiger partial charge in [0.15, 0.2) is 0 Å². The van der Waals surface area contributed by atoms with Crippen LogP contribution in [-0.4, -0.2) is 48.2 Å². The standard InChI is InChI=1S/C30H37N5O2/c1-35-23-8-5-9-24(35)18-22(17-23)32-30(36)31-21-13-14-25-20(16-21)12-15-28(33-25)34-26-10-3-6-19-7-4-11-27(37-2)29(19)26/h4,7,11-16,22-24,26H,3,5-6,8-10,17-18H2,1-2H3,(H,33,34)(H2,31,32,36)/t22-,23+,24-,26?. The number of methoxy groups -OCH3 is 1. The van der Waals surface area contributed by atoms with Crippen molar-refractivity contribution in [2.24, 2.45) is 0 Å². The maximum atomic E-state index is 12.8. The van der Waals surface area contributed by atoms with Crippen molar-refractivity contribution in [3.05, 3.63) is 59.7 Å². The van der Waals surface area contributed by atoms with Gasteiger partial charge in [-0.3, -0.25) is 0 Å². The maximum absolute atomic E-state index is 12.8. The lowest BCUT2D eigenvalue weighted by Gasteiger charge is -2.47. The van der Waals surface area contributed by atoms with Crippen LogP contribution in [0.3, 0.4) is 0 Å². The molecule has 2 aliphatic heterocycles. The van der Waals surface area contributed by atoms with E-state index in [-0.39, 0.29) is 18.1 Å². The number of rotatable bonds is 5. The molecule has 37 heavy (non-hydrogen) atoms. The SMILES string of the molecule is COc1cccc2c1C(Nc1ccc3cc(NC(=O)N[C@H]4C[C@H]5CCC[C@@H](C4)N5C)ccc3n1)CCC2. The summed E-state index contributed by atoms with van der Waals surface area (Å²) >= 11 is 0. The van der Waals surface area contributed by atoms with E-state index in [1.165, 1.54) is 30.4 Å². The number of aryl methyl sites for hydroxylation is 1. The van der Waals surface area contributed by atoms with Crippen LogP contribution in [0.1, 0.15) is 62.1 Å². The van der Waals surface area contributed by atoms with Crippen molar-refractivity contribution in [3.8, 4) is 5.75 Å². The second-order valence-electron chi connectivity index (χ2n) is 10.9. The molecule has 1 unspecified atom stereocenters. The number of anilines is 2. The molecule has 0 spiro atoms. The van der Waals surface area contributed by atoms with Crippen molar-refractivity contribution in [1.29, 1.82) is 0 Å². The summed E-state index contributed by atoms with van der Waals surface area (Å²) < 4.78 is 5.67. The summed E-state index contributed by atoms with van der Waals surface area (Å²) in [4.78, 5) is 20.2. The number of amides is 2. The lowest BCUT2D eigenvalue weighted by molar-refractivity contribution is 0.0513. The molecule has 2 bridgehead atoms. The first kappa shape index (κ1) is 24.0. The minimum Gasteiger partial charge on any atom is -0.496 e. The predicted molar refractivity (Wildman–Crippen MR) is 148 cm³/mol. The Balaban J connectivity index is 1.12. The fraction of sp³-hybridized carbons (Fsp3) is 0.467. The molecule has 3 N–H and O–H groups in total. The minimum absolute atomic E-state index is 0.122. The summed E-state index contributed by atoms with van der Waals surface area (Å²) in [6.45, 7) is 0. The van der Waals surface area contributed by atoms with Crippen molar-refractivity contribution in [1.82, 2.24) is 15.2 Å². The van der Waals surface area contributed by atoms with E-state index < -0.39 is 0 Å². The van der Waals surface area contributed by atoms with E-state index in [0.29, 0.717) is 12.1 Å². The summed E-state index contributed by atoms with van der Waals surface area (Å²) in [5.41, 5.74) is 4.28. The van der Waals surface area contributed by atoms with Gasteiger partial charge in [-0.2, -0.15) is 0 Å². The fourth-order valence-electron chi connectivity index (χ4n) is 6.71. The molecule has 7 heteroatoms. The van der Waals surface area contributed by atoms with E-state index in [1.54, 1.807) is 7.11 Å². The van der Waals surface area contributed by atoms with Gasteiger partial charge in [0.25, 0.3) is 0 Å². The van der Waals surface area contributed by atoms with Gasteiger partial charge in [-0.25, -0.2) is 9.78 Å². The lowest BCUT2D eigenvalue weighted by atomic mass is 9.82. The molecule has 2 aromatic carbocycles. The second-order valence-corrected chi connectivity index (χ2v) is 10.9. The molecule has 194 valence electrons. The smallest absolute Gasteiger partial charge is 0.319 e. The molecule has 7 nitrogen and oxygen atoms in total. The second kappa shape index (κ2) is 10.2. The number of ether oxygens (including phenoxy) is 1. The number of pyridine rings is 1. The molecule has 3 heterocycles. The summed E-state index contributed by atoms with van der Waals surface area (Å²) in [7, 11) is 3.97. The number of urea groups is 1. The van der Waals surface area contributed by atoms with E-state index in [0.717, 1.165) is 60.3 Å². The molecular formula is C30H37N5O2. The van der Waals surface area contributed by atoms with E-state index in [2.05, 4.69) is 46.1 Å². The van der Waals surface area contributed by atoms with Gasteiger partial charge < -0.3 is 25.6 Å². The van der Waals surface area contributed by atoms with Crippen LogP contribution in [0.15, 0.2) is 48.5 Å². The Kier molecular flexibility index (Phi) is 6.63. The van der Waals surface area contributed by atoms with Crippen molar-refractivity contribution in [2.75, 3.05) is 24.8 Å². The molecular weight excluding hydrogens is 462 g/mol. The Morgan fingerprint density at radius 2 is 1.86 bits per heavy atom. The monoisotopic (exact) mass is 499 g/mol. The van der Waals surface area contributed by atoms with Crippen LogP contribution >= 0.6 is 0 Å². The van der Waals surface area contributed by atoms with Gasteiger partial charge in [-0.15, -0.1) is 0 Å². The van der Waals surface area contributed by atoms with Crippen LogP contribution in [-0.2, 0) is 6.42 Å². The number of nitrogens with zero attached hydrogens (tertiary/aromatic N) is 2. The van der Waals surface area contributed by atoms with Crippen LogP contribution in [0.2, 0.25) is 0 Å². The summed E-state index contributed by atoms with van der Waals surface area (Å²) in [5, 5.41) is 10.9. The van der Waals surface area contributed by atoms with Gasteiger partial charge in [0, 0.05) is 34.8 Å². The summed E-state index contributed by atoms with van der Waals surface area (Å²) in [6.07, 6.45) is 9.13. The molecule has 0 radical (unpaired) electrons. The van der Waals surface area contributed by atoms with Gasteiger partial charge >= 0.3 is 6.03 Å². The number of aromatic nitrogens is 1. The molecule has 6 rings (SSSR count). The Morgan fingerprint density at radius 3 is 2.68 bits per heavy atom. The third-order valence-corrected chi connectivity index (χ3v) is 8.61. The average Bonchev–Trinajstić information content (AvgIpc) is 2.89. The zero-order valence-corrected chi connectivity index (χ0v) is 21.8. The van der Waals surface area contributed by atoms with Crippen LogP contribution in [0.5, 0.6) is 5.75 Å². The molecule has 4 atom stereocenters. The van der Waals surface area contributed by atoms with E-state index in [1.807, 2.05) is 30.3 Å². The van der Waals surface area contributed by atoms with Gasteiger partial charge in [0.05, 0.1) is 18.7 Å². The molecule has 1 aliphatic carbocycles. The molecule has 1 aromatic heterocycles. The minimum atomic E-state index is -0.122. The Morgan fingerprint density at radius 1 is 1.03 bits per heavy atom. The maximum Gasteiger partial charge on any atom is 0.319 e. The Bertz CT molecular complexity index is 1270. The molecule has 2 saturated heterocycles. The fourth-order valence-corrected chi connectivity index (χ4v) is 6.71. The van der Waals surface area contributed by atoms with Crippen molar-refractivity contribution >= 4 is 28.4 Å².